The van der Waals surface area contributed by atoms with E-state index in [0.717, 1.165) is 16.9 Å². The van der Waals surface area contributed by atoms with E-state index in [4.69, 9.17) is 22.1 Å². The number of hydrogen-bond acceptors (Lipinski definition) is 2. The van der Waals surface area contributed by atoms with Crippen LogP contribution in [0.3, 0.4) is 0 Å². The van der Waals surface area contributed by atoms with Gasteiger partial charge in [0.15, 0.2) is 0 Å². The van der Waals surface area contributed by atoms with Gasteiger partial charge in [-0.3, -0.25) is 0 Å². The summed E-state index contributed by atoms with van der Waals surface area (Å²) in [7, 11) is 0. The van der Waals surface area contributed by atoms with Gasteiger partial charge in [-0.2, -0.15) is 0 Å². The van der Waals surface area contributed by atoms with Crippen molar-refractivity contribution in [3.05, 3.63) is 100 Å². The molecule has 4 heteroatoms. The van der Waals surface area contributed by atoms with Gasteiger partial charge in [0.2, 0.25) is 0 Å². The maximum atomic E-state index is 13.4. The minimum absolute atomic E-state index is 0.292. The van der Waals surface area contributed by atoms with E-state index in [0.29, 0.717) is 23.6 Å². The van der Waals surface area contributed by atoms with Gasteiger partial charge in [-0.1, -0.05) is 54.1 Å². The fourth-order valence-electron chi connectivity index (χ4n) is 2.63. The van der Waals surface area contributed by atoms with Crippen LogP contribution in [0.1, 0.15) is 22.7 Å². The number of halogens is 2. The van der Waals surface area contributed by atoms with Gasteiger partial charge < -0.3 is 10.5 Å². The molecule has 128 valence electrons. The molecule has 0 heterocycles. The lowest BCUT2D eigenvalue weighted by Gasteiger charge is -2.15. The second-order valence-corrected chi connectivity index (χ2v) is 6.30. The molecule has 3 rings (SSSR count). The lowest BCUT2D eigenvalue weighted by atomic mass is 9.99. The molecule has 0 saturated carbocycles. The van der Waals surface area contributed by atoms with Crippen LogP contribution in [0.15, 0.2) is 72.8 Å². The number of nitrogens with two attached hydrogens (primary N) is 1. The lowest BCUT2D eigenvalue weighted by molar-refractivity contribution is 0.305. The molecule has 2 N–H and O–H groups in total. The van der Waals surface area contributed by atoms with Gasteiger partial charge in [0.05, 0.1) is 0 Å². The Hall–Kier alpha value is -2.36. The molecule has 0 aliphatic heterocycles. The summed E-state index contributed by atoms with van der Waals surface area (Å²) >= 11 is 6.13. The first-order chi connectivity index (χ1) is 12.1. The van der Waals surface area contributed by atoms with E-state index in [2.05, 4.69) is 0 Å². The maximum Gasteiger partial charge on any atom is 0.123 e. The van der Waals surface area contributed by atoms with Gasteiger partial charge in [-0.25, -0.2) is 4.39 Å². The molecule has 0 aliphatic rings. The molecule has 2 nitrogen and oxygen atoms in total. The van der Waals surface area contributed by atoms with Gasteiger partial charge in [0.25, 0.3) is 0 Å². The highest BCUT2D eigenvalue weighted by atomic mass is 35.5. The van der Waals surface area contributed by atoms with Crippen molar-refractivity contribution in [1.29, 1.82) is 0 Å². The molecule has 0 aliphatic carbocycles. The van der Waals surface area contributed by atoms with Crippen LogP contribution in [0, 0.1) is 5.82 Å². The van der Waals surface area contributed by atoms with Crippen LogP contribution in [-0.2, 0) is 13.0 Å². The SMILES string of the molecule is NC(Cc1cc(F)ccc1Cl)c1cccc(OCc2ccccc2)c1. The normalized spacial score (nSPS) is 12.0. The Balaban J connectivity index is 1.69. The molecule has 0 saturated heterocycles. The monoisotopic (exact) mass is 355 g/mol. The molecular formula is C21H19ClFNO. The zero-order valence-corrected chi connectivity index (χ0v) is 14.4. The van der Waals surface area contributed by atoms with Crippen LogP contribution in [0.4, 0.5) is 4.39 Å². The summed E-state index contributed by atoms with van der Waals surface area (Å²) < 4.78 is 19.2. The topological polar surface area (TPSA) is 35.2 Å². The van der Waals surface area contributed by atoms with Gasteiger partial charge in [-0.15, -0.1) is 0 Å². The third kappa shape index (κ3) is 4.81. The second-order valence-electron chi connectivity index (χ2n) is 5.89. The molecule has 0 spiro atoms. The van der Waals surface area contributed by atoms with E-state index < -0.39 is 0 Å². The quantitative estimate of drug-likeness (QED) is 0.651. The third-order valence-corrected chi connectivity index (χ3v) is 4.35. The molecule has 1 unspecified atom stereocenters. The maximum absolute atomic E-state index is 13.4. The molecule has 0 radical (unpaired) electrons. The molecule has 3 aromatic rings. The van der Waals surface area contributed by atoms with E-state index >= 15 is 0 Å². The zero-order valence-electron chi connectivity index (χ0n) is 13.7. The van der Waals surface area contributed by atoms with Crippen LogP contribution in [0.5, 0.6) is 5.75 Å². The fraction of sp³-hybridized carbons (Fsp3) is 0.143. The van der Waals surface area contributed by atoms with Crippen molar-refractivity contribution in [1.82, 2.24) is 0 Å². The number of ether oxygens (including phenoxy) is 1. The molecule has 0 aromatic heterocycles. The highest BCUT2D eigenvalue weighted by molar-refractivity contribution is 6.31. The first-order valence-electron chi connectivity index (χ1n) is 8.08. The standard InChI is InChI=1S/C21H19ClFNO/c22-20-10-9-18(23)11-17(20)13-21(24)16-7-4-8-19(12-16)25-14-15-5-2-1-3-6-15/h1-12,21H,13-14,24H2. The summed E-state index contributed by atoms with van der Waals surface area (Å²) in [4.78, 5) is 0. The Bertz CT molecular complexity index is 838. The fourth-order valence-corrected chi connectivity index (χ4v) is 2.83. The van der Waals surface area contributed by atoms with Crippen molar-refractivity contribution >= 4 is 11.6 Å². The summed E-state index contributed by atoms with van der Waals surface area (Å²) in [6.45, 7) is 0.495. The smallest absolute Gasteiger partial charge is 0.123 e. The summed E-state index contributed by atoms with van der Waals surface area (Å²) in [6.07, 6.45) is 0.457. The first kappa shape index (κ1) is 17.5. The van der Waals surface area contributed by atoms with E-state index in [1.54, 1.807) is 6.07 Å². The Kier molecular flexibility index (Phi) is 5.69. The average molecular weight is 356 g/mol. The Morgan fingerprint density at radius 3 is 2.56 bits per heavy atom. The minimum atomic E-state index is -0.313. The number of hydrogen-bond donors (Lipinski definition) is 1. The average Bonchev–Trinajstić information content (AvgIpc) is 2.64. The molecule has 0 amide bonds. The minimum Gasteiger partial charge on any atom is -0.489 e. The molecule has 3 aromatic carbocycles. The Labute approximate surface area is 152 Å². The predicted molar refractivity (Wildman–Crippen MR) is 99.3 cm³/mol. The van der Waals surface area contributed by atoms with Crippen LogP contribution in [0.2, 0.25) is 5.02 Å². The van der Waals surface area contributed by atoms with Crippen molar-refractivity contribution in [3.8, 4) is 5.75 Å². The largest absolute Gasteiger partial charge is 0.489 e. The molecule has 0 fully saturated rings. The second kappa shape index (κ2) is 8.15. The number of benzene rings is 3. The van der Waals surface area contributed by atoms with Crippen LogP contribution in [-0.4, -0.2) is 0 Å². The van der Waals surface area contributed by atoms with Gasteiger partial charge in [0, 0.05) is 11.1 Å². The zero-order chi connectivity index (χ0) is 17.6. The van der Waals surface area contributed by atoms with Crippen molar-refractivity contribution in [2.24, 2.45) is 5.73 Å². The lowest BCUT2D eigenvalue weighted by Crippen LogP contribution is -2.14. The van der Waals surface area contributed by atoms with E-state index in [-0.39, 0.29) is 11.9 Å². The molecule has 0 bridgehead atoms. The van der Waals surface area contributed by atoms with Crippen molar-refractivity contribution in [2.75, 3.05) is 0 Å². The highest BCUT2D eigenvalue weighted by Crippen LogP contribution is 2.25. The summed E-state index contributed by atoms with van der Waals surface area (Å²) in [5.74, 6) is 0.439. The first-order valence-corrected chi connectivity index (χ1v) is 8.46. The molecular weight excluding hydrogens is 337 g/mol. The Morgan fingerprint density at radius 1 is 0.960 bits per heavy atom. The van der Waals surface area contributed by atoms with E-state index in [9.17, 15) is 4.39 Å². The van der Waals surface area contributed by atoms with E-state index in [1.807, 2.05) is 54.6 Å². The van der Waals surface area contributed by atoms with Crippen molar-refractivity contribution < 1.29 is 9.13 Å². The third-order valence-electron chi connectivity index (χ3n) is 3.98. The van der Waals surface area contributed by atoms with Crippen molar-refractivity contribution in [3.63, 3.8) is 0 Å². The summed E-state index contributed by atoms with van der Waals surface area (Å²) in [5, 5.41) is 0.522. The van der Waals surface area contributed by atoms with Crippen LogP contribution >= 0.6 is 11.6 Å². The molecule has 1 atom stereocenters. The van der Waals surface area contributed by atoms with Crippen molar-refractivity contribution in [2.45, 2.75) is 19.1 Å². The highest BCUT2D eigenvalue weighted by Gasteiger charge is 2.11. The van der Waals surface area contributed by atoms with Crippen LogP contribution in [0.25, 0.3) is 0 Å². The van der Waals surface area contributed by atoms with Gasteiger partial charge in [-0.05, 0) is 53.4 Å². The van der Waals surface area contributed by atoms with E-state index in [1.165, 1.54) is 12.1 Å². The van der Waals surface area contributed by atoms with Gasteiger partial charge in [0.1, 0.15) is 18.2 Å². The molecule has 25 heavy (non-hydrogen) atoms. The summed E-state index contributed by atoms with van der Waals surface area (Å²) in [5.41, 5.74) is 9.01. The summed E-state index contributed by atoms with van der Waals surface area (Å²) in [6, 6.07) is 21.7. The Morgan fingerprint density at radius 2 is 1.76 bits per heavy atom. The van der Waals surface area contributed by atoms with Crippen LogP contribution < -0.4 is 10.5 Å². The predicted octanol–water partition coefficient (Wildman–Crippen LogP) is 5.30. The van der Waals surface area contributed by atoms with Gasteiger partial charge >= 0.3 is 0 Å². The number of rotatable bonds is 6.